The van der Waals surface area contributed by atoms with Gasteiger partial charge in [-0.05, 0) is 103 Å². The van der Waals surface area contributed by atoms with Crippen LogP contribution in [0.5, 0.6) is 0 Å². The van der Waals surface area contributed by atoms with E-state index in [-0.39, 0.29) is 31.1 Å². The fourth-order valence-corrected chi connectivity index (χ4v) is 8.33. The summed E-state index contributed by atoms with van der Waals surface area (Å²) in [4.78, 5) is 38.1. The maximum absolute atomic E-state index is 12.8. The van der Waals surface area contributed by atoms with E-state index in [4.69, 9.17) is 14.2 Å². The number of unbranched alkanes of at least 4 members (excludes halogenated alkanes) is 32. The normalized spacial score (nSPS) is 12.5. The Morgan fingerprint density at radius 3 is 0.926 bits per heavy atom. The van der Waals surface area contributed by atoms with Gasteiger partial charge in [-0.2, -0.15) is 0 Å². The van der Waals surface area contributed by atoms with E-state index in [0.717, 1.165) is 96.3 Å². The van der Waals surface area contributed by atoms with Crippen molar-refractivity contribution in [3.05, 3.63) is 60.8 Å². The molecule has 0 heterocycles. The van der Waals surface area contributed by atoms with Gasteiger partial charge in [-0.3, -0.25) is 14.4 Å². The molecule has 0 amide bonds. The van der Waals surface area contributed by atoms with Crippen molar-refractivity contribution in [1.82, 2.24) is 0 Å². The molecule has 0 aliphatic carbocycles. The summed E-state index contributed by atoms with van der Waals surface area (Å²) >= 11 is 0. The summed E-state index contributed by atoms with van der Waals surface area (Å²) in [6.07, 6.45) is 70.8. The zero-order valence-electron chi connectivity index (χ0n) is 45.1. The number of esters is 3. The Hall–Kier alpha value is -2.89. The van der Waals surface area contributed by atoms with Crippen LogP contribution in [0.25, 0.3) is 0 Å². The van der Waals surface area contributed by atoms with E-state index in [2.05, 4.69) is 81.5 Å². The van der Waals surface area contributed by atoms with E-state index in [1.54, 1.807) is 0 Å². The quantitative estimate of drug-likeness (QED) is 0.0262. The number of hydrogen-bond acceptors (Lipinski definition) is 6. The number of carbonyl (C=O) groups excluding carboxylic acids is 3. The van der Waals surface area contributed by atoms with Gasteiger partial charge in [0.15, 0.2) is 6.10 Å². The summed E-state index contributed by atoms with van der Waals surface area (Å²) in [5.74, 6) is -0.917. The summed E-state index contributed by atoms with van der Waals surface area (Å²) in [5, 5.41) is 0. The van der Waals surface area contributed by atoms with Gasteiger partial charge in [0.25, 0.3) is 0 Å². The molecule has 0 aliphatic rings. The zero-order chi connectivity index (χ0) is 49.3. The van der Waals surface area contributed by atoms with Crippen molar-refractivity contribution >= 4 is 17.9 Å². The molecule has 0 spiro atoms. The molecule has 0 N–H and O–H groups in total. The maximum Gasteiger partial charge on any atom is 0.306 e. The van der Waals surface area contributed by atoms with Gasteiger partial charge < -0.3 is 14.2 Å². The van der Waals surface area contributed by atoms with Gasteiger partial charge >= 0.3 is 17.9 Å². The second kappa shape index (κ2) is 56.7. The van der Waals surface area contributed by atoms with Gasteiger partial charge in [-0.25, -0.2) is 0 Å². The summed E-state index contributed by atoms with van der Waals surface area (Å²) in [7, 11) is 0. The minimum absolute atomic E-state index is 0.0870. The molecule has 0 aromatic rings. The van der Waals surface area contributed by atoms with Gasteiger partial charge in [0.2, 0.25) is 0 Å². The lowest BCUT2D eigenvalue weighted by Crippen LogP contribution is -2.30. The van der Waals surface area contributed by atoms with Gasteiger partial charge in [-0.15, -0.1) is 0 Å². The fraction of sp³-hybridized carbons (Fsp3) is 0.790. The first-order valence-electron chi connectivity index (χ1n) is 29.3. The summed E-state index contributed by atoms with van der Waals surface area (Å²) in [6, 6.07) is 0. The van der Waals surface area contributed by atoms with E-state index in [9.17, 15) is 14.4 Å². The van der Waals surface area contributed by atoms with Crippen LogP contribution < -0.4 is 0 Å². The molecule has 0 radical (unpaired) electrons. The topological polar surface area (TPSA) is 78.9 Å². The zero-order valence-corrected chi connectivity index (χ0v) is 45.1. The number of rotatable bonds is 53. The third kappa shape index (κ3) is 54.1. The minimum Gasteiger partial charge on any atom is -0.462 e. The number of allylic oxidation sites excluding steroid dienone is 10. The van der Waals surface area contributed by atoms with Crippen LogP contribution in [-0.4, -0.2) is 37.2 Å². The molecule has 0 fully saturated rings. The Labute approximate surface area is 421 Å². The molecule has 0 saturated carbocycles. The van der Waals surface area contributed by atoms with Crippen LogP contribution in [-0.2, 0) is 28.6 Å². The Balaban J connectivity index is 4.35. The molecule has 6 nitrogen and oxygen atoms in total. The molecule has 1 unspecified atom stereocenters. The molecule has 1 atom stereocenters. The average Bonchev–Trinajstić information content (AvgIpc) is 3.34. The highest BCUT2D eigenvalue weighted by atomic mass is 16.6. The molecule has 0 saturated heterocycles. The van der Waals surface area contributed by atoms with Crippen LogP contribution in [0.4, 0.5) is 0 Å². The van der Waals surface area contributed by atoms with E-state index in [1.807, 2.05) is 0 Å². The van der Waals surface area contributed by atoms with Crippen LogP contribution in [0.1, 0.15) is 297 Å². The lowest BCUT2D eigenvalue weighted by Gasteiger charge is -2.18. The lowest BCUT2D eigenvalue weighted by atomic mass is 10.1. The SMILES string of the molecule is CC/C=C\C/C=C\C/C=C\CCCCCC(=O)OCC(COC(=O)CCCCCCCCCCC/C=C\CCCCCCCCCC)OC(=O)CCCCCCC/C=C\CCCCCCCCC. The Morgan fingerprint density at radius 2 is 0.574 bits per heavy atom. The number of carbonyl (C=O) groups is 3. The predicted octanol–water partition coefficient (Wildman–Crippen LogP) is 19.6. The summed E-state index contributed by atoms with van der Waals surface area (Å²) in [6.45, 7) is 6.51. The lowest BCUT2D eigenvalue weighted by molar-refractivity contribution is -0.167. The molecule has 6 heteroatoms. The standard InChI is InChI=1S/C62H110O6/c1-4-7-10-13-16-19-22-25-27-29-30-31-32-33-35-37-40-43-46-49-52-55-61(64)67-58-59(57-66-60(63)54-51-48-45-42-39-36-24-21-18-15-12-9-6-3)68-62(65)56-53-50-47-44-41-38-34-28-26-23-20-17-14-11-8-5-2/h9,12,18,21,28-30,34,36,39,59H,4-8,10-11,13-17,19-20,22-27,31-33,35,37-38,40-58H2,1-3H3/b12-9-,21-18-,30-29-,34-28-,39-36-. The molecule has 0 aliphatic heterocycles. The summed E-state index contributed by atoms with van der Waals surface area (Å²) in [5.41, 5.74) is 0. The summed E-state index contributed by atoms with van der Waals surface area (Å²) < 4.78 is 16.8. The van der Waals surface area contributed by atoms with Crippen LogP contribution in [0, 0.1) is 0 Å². The molecular weight excluding hydrogens is 841 g/mol. The van der Waals surface area contributed by atoms with Crippen molar-refractivity contribution in [2.24, 2.45) is 0 Å². The van der Waals surface area contributed by atoms with Gasteiger partial charge in [0.05, 0.1) is 0 Å². The highest BCUT2D eigenvalue weighted by molar-refractivity contribution is 5.71. The molecule has 394 valence electrons. The highest BCUT2D eigenvalue weighted by Gasteiger charge is 2.19. The second-order valence-electron chi connectivity index (χ2n) is 19.5. The first-order valence-corrected chi connectivity index (χ1v) is 29.3. The smallest absolute Gasteiger partial charge is 0.306 e. The molecule has 0 aromatic heterocycles. The number of hydrogen-bond donors (Lipinski definition) is 0. The Kier molecular flexibility index (Phi) is 54.3. The van der Waals surface area contributed by atoms with Crippen molar-refractivity contribution in [3.63, 3.8) is 0 Å². The average molecular weight is 952 g/mol. The molecule has 0 bridgehead atoms. The van der Waals surface area contributed by atoms with Crippen molar-refractivity contribution in [2.45, 2.75) is 303 Å². The van der Waals surface area contributed by atoms with E-state index >= 15 is 0 Å². The Bertz CT molecular complexity index is 1230. The number of ether oxygens (including phenoxy) is 3. The highest BCUT2D eigenvalue weighted by Crippen LogP contribution is 2.15. The van der Waals surface area contributed by atoms with Crippen LogP contribution >= 0.6 is 0 Å². The molecule has 0 aromatic carbocycles. The van der Waals surface area contributed by atoms with Crippen molar-refractivity contribution in [1.29, 1.82) is 0 Å². The van der Waals surface area contributed by atoms with E-state index in [1.165, 1.54) is 161 Å². The molecular formula is C62H110O6. The van der Waals surface area contributed by atoms with Gasteiger partial charge in [0, 0.05) is 19.3 Å². The van der Waals surface area contributed by atoms with E-state index in [0.29, 0.717) is 19.3 Å². The van der Waals surface area contributed by atoms with Gasteiger partial charge in [0.1, 0.15) is 13.2 Å². The van der Waals surface area contributed by atoms with Crippen molar-refractivity contribution < 1.29 is 28.6 Å². The van der Waals surface area contributed by atoms with E-state index < -0.39 is 6.10 Å². The minimum atomic E-state index is -0.791. The largest absolute Gasteiger partial charge is 0.462 e. The fourth-order valence-electron chi connectivity index (χ4n) is 8.33. The molecule has 68 heavy (non-hydrogen) atoms. The molecule has 0 rings (SSSR count). The van der Waals surface area contributed by atoms with Crippen LogP contribution in [0.3, 0.4) is 0 Å². The third-order valence-electron chi connectivity index (χ3n) is 12.7. The maximum atomic E-state index is 12.8. The predicted molar refractivity (Wildman–Crippen MR) is 293 cm³/mol. The van der Waals surface area contributed by atoms with Crippen LogP contribution in [0.2, 0.25) is 0 Å². The first kappa shape index (κ1) is 65.1. The monoisotopic (exact) mass is 951 g/mol. The first-order chi connectivity index (χ1) is 33.5. The van der Waals surface area contributed by atoms with Crippen molar-refractivity contribution in [2.75, 3.05) is 13.2 Å². The third-order valence-corrected chi connectivity index (χ3v) is 12.7. The Morgan fingerprint density at radius 1 is 0.309 bits per heavy atom. The van der Waals surface area contributed by atoms with Gasteiger partial charge in [-0.1, -0.05) is 236 Å². The van der Waals surface area contributed by atoms with Crippen molar-refractivity contribution in [3.8, 4) is 0 Å². The second-order valence-corrected chi connectivity index (χ2v) is 19.5. The van der Waals surface area contributed by atoms with Crippen LogP contribution in [0.15, 0.2) is 60.8 Å².